The average Bonchev–Trinajstić information content (AvgIpc) is 2.83. The van der Waals surface area contributed by atoms with Crippen LogP contribution in [-0.2, 0) is 21.3 Å². The van der Waals surface area contributed by atoms with Crippen molar-refractivity contribution in [2.45, 2.75) is 25.5 Å². The second kappa shape index (κ2) is 5.85. The van der Waals surface area contributed by atoms with Crippen molar-refractivity contribution in [1.82, 2.24) is 0 Å². The van der Waals surface area contributed by atoms with E-state index < -0.39 is 15.8 Å². The topological polar surface area (TPSA) is 81.4 Å². The van der Waals surface area contributed by atoms with Crippen LogP contribution in [0.5, 0.6) is 0 Å². The summed E-state index contributed by atoms with van der Waals surface area (Å²) in [5.74, 6) is -0.531. The Bertz CT molecular complexity index is 542. The van der Waals surface area contributed by atoms with Crippen molar-refractivity contribution in [3.63, 3.8) is 0 Å². The van der Waals surface area contributed by atoms with E-state index in [0.717, 1.165) is 12.8 Å². The second-order valence-electron chi connectivity index (χ2n) is 4.52. The van der Waals surface area contributed by atoms with Gasteiger partial charge >= 0.3 is 0 Å². The lowest BCUT2D eigenvalue weighted by Crippen LogP contribution is -2.26. The number of ether oxygens (including phenoxy) is 1. The molecule has 1 saturated heterocycles. The smallest absolute Gasteiger partial charge is 0.235 e. The molecule has 1 aromatic rings. The largest absolute Gasteiger partial charge is 0.377 e. The fourth-order valence-corrected chi connectivity index (χ4v) is 3.43. The minimum Gasteiger partial charge on any atom is -0.377 e. The molecular formula is C12H17FN2O3S. The summed E-state index contributed by atoms with van der Waals surface area (Å²) in [4.78, 5) is 0. The van der Waals surface area contributed by atoms with Crippen molar-refractivity contribution >= 4 is 15.7 Å². The third kappa shape index (κ3) is 3.89. The number of nitrogens with one attached hydrogen (secondary N) is 1. The van der Waals surface area contributed by atoms with Gasteiger partial charge in [-0.15, -0.1) is 0 Å². The van der Waals surface area contributed by atoms with E-state index in [9.17, 15) is 12.8 Å². The van der Waals surface area contributed by atoms with Gasteiger partial charge in [-0.25, -0.2) is 12.8 Å². The maximum atomic E-state index is 13.0. The van der Waals surface area contributed by atoms with Crippen LogP contribution in [0.3, 0.4) is 0 Å². The van der Waals surface area contributed by atoms with Crippen molar-refractivity contribution in [3.05, 3.63) is 29.6 Å². The summed E-state index contributed by atoms with van der Waals surface area (Å²) in [6.07, 6.45) is 1.36. The zero-order valence-electron chi connectivity index (χ0n) is 10.4. The van der Waals surface area contributed by atoms with Crippen LogP contribution >= 0.6 is 0 Å². The zero-order chi connectivity index (χ0) is 13.9. The molecule has 5 nitrogen and oxygen atoms in total. The third-order valence-corrected chi connectivity index (χ3v) is 4.32. The predicted molar refractivity (Wildman–Crippen MR) is 70.7 cm³/mol. The molecule has 106 valence electrons. The van der Waals surface area contributed by atoms with Crippen LogP contribution in [0.15, 0.2) is 18.2 Å². The van der Waals surface area contributed by atoms with E-state index >= 15 is 0 Å². The van der Waals surface area contributed by atoms with Gasteiger partial charge in [0.25, 0.3) is 0 Å². The first-order chi connectivity index (χ1) is 9.00. The van der Waals surface area contributed by atoms with Crippen LogP contribution in [-0.4, -0.2) is 26.9 Å². The van der Waals surface area contributed by atoms with Gasteiger partial charge in [-0.05, 0) is 36.6 Å². The minimum atomic E-state index is -3.52. The van der Waals surface area contributed by atoms with Crippen LogP contribution in [0.2, 0.25) is 0 Å². The van der Waals surface area contributed by atoms with E-state index in [0.29, 0.717) is 17.9 Å². The summed E-state index contributed by atoms with van der Waals surface area (Å²) in [6.45, 7) is 0.667. The molecule has 0 saturated carbocycles. The Hall–Kier alpha value is -1.18. The van der Waals surface area contributed by atoms with Gasteiger partial charge < -0.3 is 10.5 Å². The van der Waals surface area contributed by atoms with Gasteiger partial charge in [0.05, 0.1) is 17.5 Å². The van der Waals surface area contributed by atoms with Gasteiger partial charge in [-0.2, -0.15) is 0 Å². The lowest BCUT2D eigenvalue weighted by Gasteiger charge is -2.14. The van der Waals surface area contributed by atoms with Gasteiger partial charge in [0.2, 0.25) is 10.0 Å². The molecule has 1 atom stereocenters. The predicted octanol–water partition coefficient (Wildman–Crippen LogP) is 1.21. The minimum absolute atomic E-state index is 0.0650. The zero-order valence-corrected chi connectivity index (χ0v) is 11.2. The number of hydrogen-bond donors (Lipinski definition) is 2. The second-order valence-corrected chi connectivity index (χ2v) is 6.29. The van der Waals surface area contributed by atoms with E-state index in [4.69, 9.17) is 10.5 Å². The van der Waals surface area contributed by atoms with E-state index in [-0.39, 0.29) is 18.4 Å². The molecule has 19 heavy (non-hydrogen) atoms. The quantitative estimate of drug-likeness (QED) is 0.853. The Kier molecular flexibility index (Phi) is 4.38. The maximum absolute atomic E-state index is 13.0. The summed E-state index contributed by atoms with van der Waals surface area (Å²) >= 11 is 0. The van der Waals surface area contributed by atoms with Crippen LogP contribution in [0, 0.1) is 5.82 Å². The molecule has 0 aromatic heterocycles. The van der Waals surface area contributed by atoms with Crippen LogP contribution < -0.4 is 10.5 Å². The first-order valence-corrected chi connectivity index (χ1v) is 7.76. The van der Waals surface area contributed by atoms with Crippen molar-refractivity contribution in [1.29, 1.82) is 0 Å². The molecule has 0 radical (unpaired) electrons. The highest BCUT2D eigenvalue weighted by molar-refractivity contribution is 7.92. The van der Waals surface area contributed by atoms with Crippen molar-refractivity contribution < 1.29 is 17.5 Å². The van der Waals surface area contributed by atoms with Crippen molar-refractivity contribution in [3.8, 4) is 0 Å². The summed E-state index contributed by atoms with van der Waals surface area (Å²) in [6, 6.07) is 3.80. The summed E-state index contributed by atoms with van der Waals surface area (Å²) in [7, 11) is -3.52. The first kappa shape index (κ1) is 14.2. The van der Waals surface area contributed by atoms with Crippen LogP contribution in [0.25, 0.3) is 0 Å². The molecule has 1 fully saturated rings. The molecule has 1 unspecified atom stereocenters. The highest BCUT2D eigenvalue weighted by atomic mass is 32.2. The number of hydrogen-bond acceptors (Lipinski definition) is 4. The first-order valence-electron chi connectivity index (χ1n) is 6.11. The van der Waals surface area contributed by atoms with E-state index in [1.807, 2.05) is 0 Å². The highest BCUT2D eigenvalue weighted by Gasteiger charge is 2.23. The number of nitrogens with two attached hydrogens (primary N) is 1. The van der Waals surface area contributed by atoms with Gasteiger partial charge in [-0.1, -0.05) is 0 Å². The molecule has 0 amide bonds. The van der Waals surface area contributed by atoms with Gasteiger partial charge in [0.1, 0.15) is 5.82 Å². The number of rotatable bonds is 5. The molecule has 3 N–H and O–H groups in total. The SMILES string of the molecule is NCc1cc(F)ccc1NS(=O)(=O)CC1CCCO1. The van der Waals surface area contributed by atoms with Crippen LogP contribution in [0.4, 0.5) is 10.1 Å². The Morgan fingerprint density at radius 1 is 1.47 bits per heavy atom. The number of anilines is 1. The monoisotopic (exact) mass is 288 g/mol. The van der Waals surface area contributed by atoms with E-state index in [1.165, 1.54) is 18.2 Å². The van der Waals surface area contributed by atoms with Crippen LogP contribution in [0.1, 0.15) is 18.4 Å². The standard InChI is InChI=1S/C12H17FN2O3S/c13-10-3-4-12(9(6-10)7-14)15-19(16,17)8-11-2-1-5-18-11/h3-4,6,11,15H,1-2,5,7-8,14H2. The molecule has 1 aromatic carbocycles. The van der Waals surface area contributed by atoms with Gasteiger partial charge in [0.15, 0.2) is 0 Å². The molecular weight excluding hydrogens is 271 g/mol. The van der Waals surface area contributed by atoms with Gasteiger partial charge in [0, 0.05) is 13.2 Å². The number of sulfonamides is 1. The Morgan fingerprint density at radius 3 is 2.89 bits per heavy atom. The van der Waals surface area contributed by atoms with Gasteiger partial charge in [-0.3, -0.25) is 4.72 Å². The summed E-state index contributed by atoms with van der Waals surface area (Å²) in [5, 5.41) is 0. The fourth-order valence-electron chi connectivity index (χ4n) is 2.06. The molecule has 0 bridgehead atoms. The third-order valence-electron chi connectivity index (χ3n) is 2.98. The molecule has 0 aliphatic carbocycles. The normalized spacial score (nSPS) is 19.6. The van der Waals surface area contributed by atoms with Crippen molar-refractivity contribution in [2.24, 2.45) is 5.73 Å². The Balaban J connectivity index is 2.10. The molecule has 1 aliphatic heterocycles. The Labute approximate surface area is 112 Å². The molecule has 1 heterocycles. The molecule has 2 rings (SSSR count). The summed E-state index contributed by atoms with van der Waals surface area (Å²) < 4.78 is 44.7. The molecule has 7 heteroatoms. The molecule has 1 aliphatic rings. The maximum Gasteiger partial charge on any atom is 0.235 e. The lowest BCUT2D eigenvalue weighted by atomic mass is 10.2. The number of benzene rings is 1. The van der Waals surface area contributed by atoms with E-state index in [1.54, 1.807) is 0 Å². The van der Waals surface area contributed by atoms with Crippen molar-refractivity contribution in [2.75, 3.05) is 17.1 Å². The van der Waals surface area contributed by atoms with E-state index in [2.05, 4.69) is 4.72 Å². The lowest BCUT2D eigenvalue weighted by molar-refractivity contribution is 0.127. The highest BCUT2D eigenvalue weighted by Crippen LogP contribution is 2.20. The fraction of sp³-hybridized carbons (Fsp3) is 0.500. The average molecular weight is 288 g/mol. The Morgan fingerprint density at radius 2 is 2.26 bits per heavy atom. The molecule has 0 spiro atoms. The summed E-state index contributed by atoms with van der Waals surface area (Å²) in [5.41, 5.74) is 6.22. The number of halogens is 1.